The number of hydrogen-bond donors (Lipinski definition) is 4. The van der Waals surface area contributed by atoms with Crippen LogP contribution in [0.3, 0.4) is 0 Å². The molecule has 39 heavy (non-hydrogen) atoms. The van der Waals surface area contributed by atoms with Gasteiger partial charge in [0.25, 0.3) is 0 Å². The van der Waals surface area contributed by atoms with Crippen molar-refractivity contribution in [2.24, 2.45) is 0 Å². The molecule has 190 valence electrons. The number of fused-ring (bicyclic) bond motifs is 3. The van der Waals surface area contributed by atoms with Gasteiger partial charge in [-0.15, -0.1) is 0 Å². The van der Waals surface area contributed by atoms with E-state index < -0.39 is 0 Å². The molecule has 0 aliphatic rings. The monoisotopic (exact) mass is 511 g/mol. The Balaban J connectivity index is 1.17. The van der Waals surface area contributed by atoms with Crippen LogP contribution in [0.2, 0.25) is 0 Å². The molecule has 1 amide bonds. The number of imidazole rings is 3. The molecule has 3 aromatic heterocycles. The second kappa shape index (κ2) is 9.25. The van der Waals surface area contributed by atoms with Crippen molar-refractivity contribution in [3.63, 3.8) is 0 Å². The fourth-order valence-corrected chi connectivity index (χ4v) is 4.94. The third kappa shape index (κ3) is 4.42. The van der Waals surface area contributed by atoms with Gasteiger partial charge in [0.2, 0.25) is 5.91 Å². The van der Waals surface area contributed by atoms with Crippen LogP contribution in [0.1, 0.15) is 12.7 Å². The Labute approximate surface area is 223 Å². The summed E-state index contributed by atoms with van der Waals surface area (Å²) in [6.07, 6.45) is 0.645. The standard InChI is InChI=1S/C31H25N7O/c1-18(39)32-14-13-29-33-23-11-8-21(16-26(23)34-29)30-36-25-12-9-22(17-28(25)38-30)31-35-24-10-7-20(15-27(24)37-31)19-5-3-2-4-6-19/h2-12,15-17H,13-14H2,1H3,(H,32,39)(H,33,34)(H,35,37)(H,36,38). The van der Waals surface area contributed by atoms with Crippen molar-refractivity contribution in [2.75, 3.05) is 6.54 Å². The Morgan fingerprint density at radius 1 is 0.641 bits per heavy atom. The summed E-state index contributed by atoms with van der Waals surface area (Å²) in [5.41, 5.74) is 9.86. The van der Waals surface area contributed by atoms with E-state index in [-0.39, 0.29) is 5.91 Å². The second-order valence-electron chi connectivity index (χ2n) is 9.65. The number of benzene rings is 4. The average molecular weight is 512 g/mol. The largest absolute Gasteiger partial charge is 0.356 e. The van der Waals surface area contributed by atoms with E-state index in [1.54, 1.807) is 0 Å². The van der Waals surface area contributed by atoms with Crippen LogP contribution >= 0.6 is 0 Å². The summed E-state index contributed by atoms with van der Waals surface area (Å²) >= 11 is 0. The van der Waals surface area contributed by atoms with E-state index in [0.29, 0.717) is 13.0 Å². The van der Waals surface area contributed by atoms with Crippen LogP contribution in [0.15, 0.2) is 84.9 Å². The molecule has 8 heteroatoms. The molecule has 0 aliphatic heterocycles. The first kappa shape index (κ1) is 22.9. The normalized spacial score (nSPS) is 11.5. The maximum absolute atomic E-state index is 11.1. The number of carbonyl (C=O) groups excluding carboxylic acids is 1. The summed E-state index contributed by atoms with van der Waals surface area (Å²) in [6.45, 7) is 2.06. The quantitative estimate of drug-likeness (QED) is 0.219. The minimum Gasteiger partial charge on any atom is -0.356 e. The number of H-pyrrole nitrogens is 3. The van der Waals surface area contributed by atoms with E-state index in [1.165, 1.54) is 12.5 Å². The third-order valence-corrected chi connectivity index (χ3v) is 6.88. The van der Waals surface area contributed by atoms with Crippen LogP contribution in [-0.2, 0) is 11.2 Å². The molecule has 0 fully saturated rings. The number of hydrogen-bond acceptors (Lipinski definition) is 4. The number of carbonyl (C=O) groups is 1. The Bertz CT molecular complexity index is 1980. The Kier molecular flexibility index (Phi) is 5.44. The van der Waals surface area contributed by atoms with Crippen molar-refractivity contribution in [1.29, 1.82) is 0 Å². The van der Waals surface area contributed by atoms with Gasteiger partial charge in [0.15, 0.2) is 0 Å². The lowest BCUT2D eigenvalue weighted by molar-refractivity contribution is -0.118. The van der Waals surface area contributed by atoms with Gasteiger partial charge in [0.1, 0.15) is 17.5 Å². The van der Waals surface area contributed by atoms with E-state index in [2.05, 4.69) is 61.7 Å². The third-order valence-electron chi connectivity index (χ3n) is 6.88. The van der Waals surface area contributed by atoms with Gasteiger partial charge < -0.3 is 20.3 Å². The Morgan fingerprint density at radius 3 is 1.79 bits per heavy atom. The van der Waals surface area contributed by atoms with Crippen molar-refractivity contribution in [3.8, 4) is 33.9 Å². The molecular weight excluding hydrogens is 486 g/mol. The molecule has 3 heterocycles. The lowest BCUT2D eigenvalue weighted by Gasteiger charge is -2.00. The average Bonchev–Trinajstić information content (AvgIpc) is 3.68. The highest BCUT2D eigenvalue weighted by Crippen LogP contribution is 2.29. The van der Waals surface area contributed by atoms with Crippen molar-refractivity contribution in [2.45, 2.75) is 13.3 Å². The zero-order valence-electron chi connectivity index (χ0n) is 21.2. The first-order valence-electron chi connectivity index (χ1n) is 12.9. The molecule has 0 saturated heterocycles. The molecule has 7 rings (SSSR count). The molecule has 0 unspecified atom stereocenters. The molecule has 0 bridgehead atoms. The first-order chi connectivity index (χ1) is 19.1. The molecule has 0 radical (unpaired) electrons. The summed E-state index contributed by atoms with van der Waals surface area (Å²) in [5.74, 6) is 2.40. The molecule has 8 nitrogen and oxygen atoms in total. The van der Waals surface area contributed by atoms with Crippen LogP contribution in [0.5, 0.6) is 0 Å². The highest BCUT2D eigenvalue weighted by Gasteiger charge is 2.12. The van der Waals surface area contributed by atoms with Crippen molar-refractivity contribution < 1.29 is 4.79 Å². The Morgan fingerprint density at radius 2 is 1.18 bits per heavy atom. The molecule has 4 aromatic carbocycles. The summed E-state index contributed by atoms with van der Waals surface area (Å²) in [5, 5.41) is 2.80. The number of nitrogens with one attached hydrogen (secondary N) is 4. The van der Waals surface area contributed by atoms with E-state index in [4.69, 9.17) is 9.97 Å². The predicted molar refractivity (Wildman–Crippen MR) is 154 cm³/mol. The zero-order valence-corrected chi connectivity index (χ0v) is 21.2. The fraction of sp³-hybridized carbons (Fsp3) is 0.0968. The lowest BCUT2D eigenvalue weighted by Crippen LogP contribution is -2.22. The van der Waals surface area contributed by atoms with Gasteiger partial charge in [-0.2, -0.15) is 0 Å². The van der Waals surface area contributed by atoms with Crippen LogP contribution in [0, 0.1) is 0 Å². The second-order valence-corrected chi connectivity index (χ2v) is 9.65. The van der Waals surface area contributed by atoms with Gasteiger partial charge in [-0.3, -0.25) is 4.79 Å². The predicted octanol–water partition coefficient (Wildman–Crippen LogP) is 6.00. The van der Waals surface area contributed by atoms with Gasteiger partial charge in [0, 0.05) is 31.0 Å². The van der Waals surface area contributed by atoms with Crippen molar-refractivity contribution >= 4 is 39.0 Å². The molecule has 4 N–H and O–H groups in total. The molecule has 7 aromatic rings. The topological polar surface area (TPSA) is 115 Å². The van der Waals surface area contributed by atoms with Crippen molar-refractivity contribution in [1.82, 2.24) is 35.2 Å². The van der Waals surface area contributed by atoms with Gasteiger partial charge in [-0.05, 0) is 59.7 Å². The van der Waals surface area contributed by atoms with Crippen LogP contribution in [0.25, 0.3) is 67.0 Å². The summed E-state index contributed by atoms with van der Waals surface area (Å²) < 4.78 is 0. The maximum Gasteiger partial charge on any atom is 0.216 e. The van der Waals surface area contributed by atoms with Crippen molar-refractivity contribution in [3.05, 3.63) is 90.8 Å². The zero-order chi connectivity index (χ0) is 26.3. The van der Waals surface area contributed by atoms with Gasteiger partial charge >= 0.3 is 0 Å². The van der Waals surface area contributed by atoms with Crippen LogP contribution < -0.4 is 5.32 Å². The summed E-state index contributed by atoms with van der Waals surface area (Å²) in [4.78, 5) is 35.7. The first-order valence-corrected chi connectivity index (χ1v) is 12.9. The SMILES string of the molecule is CC(=O)NCCc1nc2ccc(-c3nc4ccc(-c5nc6ccc(-c7ccccc7)cc6[nH]5)cc4[nH]3)cc2[nH]1. The van der Waals surface area contributed by atoms with Crippen LogP contribution in [0.4, 0.5) is 0 Å². The van der Waals surface area contributed by atoms with E-state index in [0.717, 1.165) is 67.3 Å². The van der Waals surface area contributed by atoms with E-state index >= 15 is 0 Å². The maximum atomic E-state index is 11.1. The molecule has 0 aliphatic carbocycles. The molecule has 0 atom stereocenters. The number of rotatable bonds is 6. The number of aromatic amines is 3. The highest BCUT2D eigenvalue weighted by molar-refractivity contribution is 5.88. The number of amides is 1. The van der Waals surface area contributed by atoms with Crippen LogP contribution in [-0.4, -0.2) is 42.4 Å². The highest BCUT2D eigenvalue weighted by atomic mass is 16.1. The lowest BCUT2D eigenvalue weighted by atomic mass is 10.1. The fourth-order valence-electron chi connectivity index (χ4n) is 4.94. The van der Waals surface area contributed by atoms with E-state index in [1.807, 2.05) is 48.5 Å². The summed E-state index contributed by atoms with van der Waals surface area (Å²) in [7, 11) is 0. The van der Waals surface area contributed by atoms with Gasteiger partial charge in [-0.25, -0.2) is 15.0 Å². The summed E-state index contributed by atoms with van der Waals surface area (Å²) in [6, 6.07) is 28.8. The minimum atomic E-state index is -0.0426. The molecular formula is C31H25N7O. The molecule has 0 spiro atoms. The van der Waals surface area contributed by atoms with Gasteiger partial charge in [-0.1, -0.05) is 36.4 Å². The van der Waals surface area contributed by atoms with E-state index in [9.17, 15) is 4.79 Å². The smallest absolute Gasteiger partial charge is 0.216 e. The molecule has 0 saturated carbocycles. The minimum absolute atomic E-state index is 0.0426. The van der Waals surface area contributed by atoms with Gasteiger partial charge in [0.05, 0.1) is 33.1 Å². The number of aromatic nitrogens is 6. The Hall–Kier alpha value is -5.24. The number of nitrogens with zero attached hydrogens (tertiary/aromatic N) is 3.